The Hall–Kier alpha value is -2.41. The van der Waals surface area contributed by atoms with Crippen LogP contribution in [0, 0.1) is 12.7 Å². The van der Waals surface area contributed by atoms with Crippen molar-refractivity contribution in [3.05, 3.63) is 46.6 Å². The van der Waals surface area contributed by atoms with Crippen LogP contribution in [0.4, 0.5) is 10.1 Å². The lowest BCUT2D eigenvalue weighted by Gasteiger charge is -2.15. The number of likely N-dealkylation sites (N-methyl/N-ethyl adjacent to an activating group) is 1. The fourth-order valence-corrected chi connectivity index (χ4v) is 1.91. The molecule has 0 spiro atoms. The monoisotopic (exact) mass is 325 g/mol. The number of anilines is 1. The Balaban J connectivity index is 2.02. The summed E-state index contributed by atoms with van der Waals surface area (Å²) in [6, 6.07) is 5.14. The molecule has 0 aliphatic heterocycles. The maximum Gasteiger partial charge on any atom is 0.313 e. The molecule has 0 aliphatic rings. The lowest BCUT2D eigenvalue weighted by Crippen LogP contribution is -2.36. The molecular weight excluding hydrogens is 313 g/mol. The molecule has 2 amide bonds. The molecule has 0 atom stereocenters. The average Bonchev–Trinajstić information content (AvgIpc) is 2.87. The van der Waals surface area contributed by atoms with Gasteiger partial charge in [0.2, 0.25) is 0 Å². The van der Waals surface area contributed by atoms with E-state index in [1.165, 1.54) is 18.0 Å². The molecule has 0 bridgehead atoms. The Morgan fingerprint density at radius 1 is 1.41 bits per heavy atom. The molecule has 1 aromatic carbocycles. The van der Waals surface area contributed by atoms with E-state index >= 15 is 0 Å². The highest BCUT2D eigenvalue weighted by Crippen LogP contribution is 2.22. The number of hydrogen-bond donors (Lipinski definition) is 1. The van der Waals surface area contributed by atoms with Crippen LogP contribution in [0.25, 0.3) is 0 Å². The van der Waals surface area contributed by atoms with E-state index in [1.807, 2.05) is 0 Å². The van der Waals surface area contributed by atoms with Gasteiger partial charge in [-0.15, -0.1) is 0 Å². The van der Waals surface area contributed by atoms with Crippen molar-refractivity contribution in [2.24, 2.45) is 0 Å². The normalized spacial score (nSPS) is 10.4. The highest BCUT2D eigenvalue weighted by Gasteiger charge is 2.21. The van der Waals surface area contributed by atoms with Gasteiger partial charge in [0.05, 0.1) is 17.3 Å². The second-order valence-electron chi connectivity index (χ2n) is 4.67. The minimum Gasteiger partial charge on any atom is -0.361 e. The second-order valence-corrected chi connectivity index (χ2v) is 5.08. The molecule has 2 aromatic rings. The molecule has 0 saturated heterocycles. The van der Waals surface area contributed by atoms with Gasteiger partial charge in [-0.25, -0.2) is 4.39 Å². The summed E-state index contributed by atoms with van der Waals surface area (Å²) in [6.07, 6.45) is 0. The summed E-state index contributed by atoms with van der Waals surface area (Å²) in [5, 5.41) is 6.15. The van der Waals surface area contributed by atoms with E-state index < -0.39 is 17.6 Å². The maximum atomic E-state index is 13.1. The van der Waals surface area contributed by atoms with Crippen molar-refractivity contribution in [2.45, 2.75) is 13.5 Å². The highest BCUT2D eigenvalue weighted by molar-refractivity contribution is 6.41. The second kappa shape index (κ2) is 6.57. The van der Waals surface area contributed by atoms with Crippen LogP contribution in [0.2, 0.25) is 5.02 Å². The number of benzene rings is 1. The summed E-state index contributed by atoms with van der Waals surface area (Å²) >= 11 is 5.83. The van der Waals surface area contributed by atoms with E-state index in [9.17, 15) is 14.0 Å². The summed E-state index contributed by atoms with van der Waals surface area (Å²) in [4.78, 5) is 25.0. The van der Waals surface area contributed by atoms with Crippen LogP contribution in [-0.4, -0.2) is 28.9 Å². The van der Waals surface area contributed by atoms with Gasteiger partial charge in [0.1, 0.15) is 17.3 Å². The molecule has 0 unspecified atom stereocenters. The van der Waals surface area contributed by atoms with Crippen LogP contribution in [0.5, 0.6) is 0 Å². The topological polar surface area (TPSA) is 75.4 Å². The summed E-state index contributed by atoms with van der Waals surface area (Å²) in [7, 11) is 1.44. The van der Waals surface area contributed by atoms with Gasteiger partial charge in [0, 0.05) is 13.1 Å². The third kappa shape index (κ3) is 3.82. The number of aryl methyl sites for hydroxylation is 1. The summed E-state index contributed by atoms with van der Waals surface area (Å²) in [5.74, 6) is -1.69. The zero-order valence-corrected chi connectivity index (χ0v) is 12.6. The number of carbonyl (C=O) groups excluding carboxylic acids is 2. The number of rotatable bonds is 3. The van der Waals surface area contributed by atoms with Crippen molar-refractivity contribution in [3.8, 4) is 0 Å². The predicted octanol–water partition coefficient (Wildman–Crippen LogP) is 2.37. The van der Waals surface area contributed by atoms with Gasteiger partial charge in [-0.2, -0.15) is 0 Å². The molecule has 0 fully saturated rings. The van der Waals surface area contributed by atoms with Crippen LogP contribution in [0.1, 0.15) is 11.5 Å². The van der Waals surface area contributed by atoms with Crippen LogP contribution in [0.3, 0.4) is 0 Å². The lowest BCUT2D eigenvalue weighted by molar-refractivity contribution is -0.142. The van der Waals surface area contributed by atoms with Gasteiger partial charge >= 0.3 is 11.8 Å². The third-order valence-corrected chi connectivity index (χ3v) is 3.12. The summed E-state index contributed by atoms with van der Waals surface area (Å²) < 4.78 is 18.0. The van der Waals surface area contributed by atoms with E-state index in [4.69, 9.17) is 16.1 Å². The molecule has 1 N–H and O–H groups in total. The van der Waals surface area contributed by atoms with Crippen LogP contribution < -0.4 is 5.32 Å². The minimum absolute atomic E-state index is 0.0331. The van der Waals surface area contributed by atoms with Gasteiger partial charge in [0.25, 0.3) is 0 Å². The van der Waals surface area contributed by atoms with Crippen LogP contribution >= 0.6 is 11.6 Å². The molecule has 0 saturated carbocycles. The zero-order chi connectivity index (χ0) is 16.3. The Morgan fingerprint density at radius 2 is 2.14 bits per heavy atom. The first-order valence-corrected chi connectivity index (χ1v) is 6.68. The fraction of sp³-hybridized carbons (Fsp3) is 0.214. The molecule has 8 heteroatoms. The number of halogens is 2. The summed E-state index contributed by atoms with van der Waals surface area (Å²) in [6.45, 7) is 1.83. The number of amides is 2. The molecule has 22 heavy (non-hydrogen) atoms. The van der Waals surface area contributed by atoms with Crippen molar-refractivity contribution in [1.82, 2.24) is 10.1 Å². The van der Waals surface area contributed by atoms with E-state index in [-0.39, 0.29) is 17.3 Å². The molecule has 6 nitrogen and oxygen atoms in total. The Labute approximate surface area is 130 Å². The fourth-order valence-electron chi connectivity index (χ4n) is 1.75. The molecule has 1 aromatic heterocycles. The maximum absolute atomic E-state index is 13.1. The minimum atomic E-state index is -0.921. The smallest absolute Gasteiger partial charge is 0.313 e. The first-order valence-electron chi connectivity index (χ1n) is 6.30. The number of hydrogen-bond acceptors (Lipinski definition) is 4. The van der Waals surface area contributed by atoms with Gasteiger partial charge in [-0.1, -0.05) is 16.8 Å². The third-order valence-electron chi connectivity index (χ3n) is 2.79. The number of aromatic nitrogens is 1. The SMILES string of the molecule is Cc1cc(CN(C)C(=O)C(=O)Nc2cc(F)ccc2Cl)no1. The largest absolute Gasteiger partial charge is 0.361 e. The highest BCUT2D eigenvalue weighted by atomic mass is 35.5. The molecule has 1 heterocycles. The van der Waals surface area contributed by atoms with Crippen molar-refractivity contribution in [2.75, 3.05) is 12.4 Å². The predicted molar refractivity (Wildman–Crippen MR) is 77.8 cm³/mol. The Bertz CT molecular complexity index is 717. The van der Waals surface area contributed by atoms with Crippen LogP contribution in [-0.2, 0) is 16.1 Å². The van der Waals surface area contributed by atoms with Crippen molar-refractivity contribution >= 4 is 29.1 Å². The molecule has 0 radical (unpaired) electrons. The molecule has 0 aliphatic carbocycles. The van der Waals surface area contributed by atoms with E-state index in [0.29, 0.717) is 11.5 Å². The van der Waals surface area contributed by atoms with Crippen molar-refractivity contribution in [3.63, 3.8) is 0 Å². The number of nitrogens with one attached hydrogen (secondary N) is 1. The van der Waals surface area contributed by atoms with Crippen LogP contribution in [0.15, 0.2) is 28.8 Å². The number of nitrogens with zero attached hydrogens (tertiary/aromatic N) is 2. The standard InChI is InChI=1S/C14H13ClFN3O3/c1-8-5-10(18-22-8)7-19(2)14(21)13(20)17-12-6-9(16)3-4-11(12)15/h3-6H,7H2,1-2H3,(H,17,20). The molecule has 2 rings (SSSR count). The average molecular weight is 326 g/mol. The summed E-state index contributed by atoms with van der Waals surface area (Å²) in [5.41, 5.74) is 0.552. The van der Waals surface area contributed by atoms with Crippen molar-refractivity contribution in [1.29, 1.82) is 0 Å². The Kier molecular flexibility index (Phi) is 4.77. The molecule has 116 valence electrons. The zero-order valence-electron chi connectivity index (χ0n) is 11.9. The Morgan fingerprint density at radius 3 is 2.77 bits per heavy atom. The van der Waals surface area contributed by atoms with E-state index in [2.05, 4.69) is 10.5 Å². The first kappa shape index (κ1) is 16.0. The van der Waals surface area contributed by atoms with Crippen molar-refractivity contribution < 1.29 is 18.5 Å². The molecular formula is C14H13ClFN3O3. The van der Waals surface area contributed by atoms with E-state index in [0.717, 1.165) is 12.1 Å². The van der Waals surface area contributed by atoms with Gasteiger partial charge in [-0.05, 0) is 25.1 Å². The van der Waals surface area contributed by atoms with E-state index in [1.54, 1.807) is 13.0 Å². The first-order chi connectivity index (χ1) is 10.4. The van der Waals surface area contributed by atoms with Gasteiger partial charge in [-0.3, -0.25) is 9.59 Å². The number of carbonyl (C=O) groups is 2. The quantitative estimate of drug-likeness (QED) is 0.879. The van der Waals surface area contributed by atoms with Gasteiger partial charge < -0.3 is 14.7 Å². The van der Waals surface area contributed by atoms with Gasteiger partial charge in [0.15, 0.2) is 0 Å². The lowest BCUT2D eigenvalue weighted by atomic mass is 10.3.